The van der Waals surface area contributed by atoms with Gasteiger partial charge in [-0.3, -0.25) is 0 Å². The van der Waals surface area contributed by atoms with Gasteiger partial charge < -0.3 is 9.73 Å². The molecule has 0 atom stereocenters. The fourth-order valence-electron chi connectivity index (χ4n) is 1.63. The van der Waals surface area contributed by atoms with Gasteiger partial charge in [-0.05, 0) is 29.1 Å². The molecule has 20 heavy (non-hydrogen) atoms. The maximum atomic E-state index is 8.27. The monoisotopic (exact) mass is 274 g/mol. The third-order valence-corrected chi connectivity index (χ3v) is 2.71. The van der Waals surface area contributed by atoms with Crippen molar-refractivity contribution >= 4 is 22.5 Å². The number of rotatable bonds is 2. The zero-order valence-electron chi connectivity index (χ0n) is 20.4. The van der Waals surface area contributed by atoms with E-state index in [0.29, 0.717) is 0 Å². The number of para-hydroxylation sites is 1. The molecule has 1 heterocycles. The van der Waals surface area contributed by atoms with Crippen LogP contribution in [0.3, 0.4) is 0 Å². The number of hydrogen-bond donors (Lipinski definition) is 1. The summed E-state index contributed by atoms with van der Waals surface area (Å²) < 4.78 is 78.1. The summed E-state index contributed by atoms with van der Waals surface area (Å²) >= 11 is 0. The standard InChI is InChI=1S/C18H19NO/c1-18(2,3)14-8-10-15(11-9-14)19-17-12-13-6-4-5-7-16(13)20-17/h4-12,19H,1-3H3/i4D,5D,6D,7D,8D,9D,10D,11D,12D. The highest BCUT2D eigenvalue weighted by molar-refractivity contribution is 5.81. The molecule has 0 aliphatic rings. The molecule has 3 rings (SSSR count). The van der Waals surface area contributed by atoms with Gasteiger partial charge in [0, 0.05) is 17.1 Å². The second kappa shape index (κ2) is 4.71. The van der Waals surface area contributed by atoms with Crippen molar-refractivity contribution in [1.82, 2.24) is 0 Å². The molecular weight excluding hydrogens is 246 g/mol. The molecule has 2 nitrogen and oxygen atoms in total. The largest absolute Gasteiger partial charge is 0.440 e. The minimum atomic E-state index is -0.618. The van der Waals surface area contributed by atoms with Crippen LogP contribution >= 0.6 is 0 Å². The molecule has 0 saturated heterocycles. The molecule has 0 saturated carbocycles. The van der Waals surface area contributed by atoms with Gasteiger partial charge in [-0.1, -0.05) is 51.0 Å². The van der Waals surface area contributed by atoms with Crippen LogP contribution in [0.15, 0.2) is 58.8 Å². The number of furan rings is 1. The van der Waals surface area contributed by atoms with E-state index >= 15 is 0 Å². The maximum Gasteiger partial charge on any atom is 0.198 e. The third-order valence-electron chi connectivity index (χ3n) is 2.71. The van der Waals surface area contributed by atoms with Gasteiger partial charge in [0.15, 0.2) is 5.88 Å². The van der Waals surface area contributed by atoms with Gasteiger partial charge in [-0.25, -0.2) is 0 Å². The summed E-state index contributed by atoms with van der Waals surface area (Å²) in [5.41, 5.74) is -0.776. The highest BCUT2D eigenvalue weighted by Gasteiger charge is 2.13. The van der Waals surface area contributed by atoms with Crippen molar-refractivity contribution in [3.63, 3.8) is 0 Å². The minimum absolute atomic E-state index is 0.125. The zero-order valence-corrected chi connectivity index (χ0v) is 11.4. The Hall–Kier alpha value is -2.22. The lowest BCUT2D eigenvalue weighted by molar-refractivity contribution is 0.590. The molecular formula is C18H19NO. The summed E-state index contributed by atoms with van der Waals surface area (Å²) in [6.45, 7) is 5.36. The number of anilines is 2. The Bertz CT molecular complexity index is 1130. The first kappa shape index (κ1) is 6.04. The van der Waals surface area contributed by atoms with Crippen molar-refractivity contribution in [2.75, 3.05) is 5.32 Å². The van der Waals surface area contributed by atoms with E-state index in [9.17, 15) is 0 Å². The van der Waals surface area contributed by atoms with Crippen LogP contribution < -0.4 is 5.32 Å². The Labute approximate surface area is 132 Å². The summed E-state index contributed by atoms with van der Waals surface area (Å²) in [6.07, 6.45) is 0. The summed E-state index contributed by atoms with van der Waals surface area (Å²) in [5.74, 6) is -0.281. The highest BCUT2D eigenvalue weighted by Crippen LogP contribution is 2.27. The van der Waals surface area contributed by atoms with E-state index in [1.807, 2.05) is 0 Å². The number of nitrogens with one attached hydrogen (secondary N) is 1. The van der Waals surface area contributed by atoms with Gasteiger partial charge in [-0.15, -0.1) is 0 Å². The molecule has 0 spiro atoms. The molecule has 0 aliphatic carbocycles. The average molecular weight is 274 g/mol. The molecule has 0 amide bonds. The number of fused-ring (bicyclic) bond motifs is 1. The molecule has 2 aromatic carbocycles. The first-order valence-corrected chi connectivity index (χ1v) is 6.16. The normalized spacial score (nSPS) is 18.1. The topological polar surface area (TPSA) is 25.2 Å². The van der Waals surface area contributed by atoms with Gasteiger partial charge in [-0.2, -0.15) is 0 Å². The fourth-order valence-corrected chi connectivity index (χ4v) is 1.63. The molecule has 102 valence electrons. The Balaban J connectivity index is 2.25. The lowest BCUT2D eigenvalue weighted by atomic mass is 9.87. The summed E-state index contributed by atoms with van der Waals surface area (Å²) in [6, 6.07) is -3.32. The quantitative estimate of drug-likeness (QED) is 0.670. The Morgan fingerprint density at radius 1 is 1.00 bits per heavy atom. The Morgan fingerprint density at radius 3 is 2.40 bits per heavy atom. The van der Waals surface area contributed by atoms with Gasteiger partial charge in [0.2, 0.25) is 0 Å². The first-order chi connectivity index (χ1) is 13.3. The molecule has 1 N–H and O–H groups in total. The lowest BCUT2D eigenvalue weighted by Gasteiger charge is -2.19. The number of hydrogen-bond acceptors (Lipinski definition) is 2. The highest BCUT2D eigenvalue weighted by atomic mass is 16.3. The van der Waals surface area contributed by atoms with Crippen LogP contribution in [0.1, 0.15) is 38.7 Å². The van der Waals surface area contributed by atoms with E-state index in [0.717, 1.165) is 0 Å². The van der Waals surface area contributed by atoms with Crippen molar-refractivity contribution in [1.29, 1.82) is 0 Å². The first-order valence-electron chi connectivity index (χ1n) is 10.7. The maximum absolute atomic E-state index is 8.27. The molecule has 0 bridgehead atoms. The van der Waals surface area contributed by atoms with E-state index in [1.165, 1.54) is 0 Å². The lowest BCUT2D eigenvalue weighted by Crippen LogP contribution is -2.10. The van der Waals surface area contributed by atoms with E-state index in [-0.39, 0.29) is 58.3 Å². The van der Waals surface area contributed by atoms with Crippen LogP contribution in [-0.4, -0.2) is 0 Å². The van der Waals surface area contributed by atoms with Crippen LogP contribution in [0, 0.1) is 0 Å². The summed E-state index contributed by atoms with van der Waals surface area (Å²) in [7, 11) is 0. The Kier molecular flexibility index (Phi) is 1.42. The molecule has 0 unspecified atom stereocenters. The van der Waals surface area contributed by atoms with Crippen molar-refractivity contribution in [2.45, 2.75) is 26.2 Å². The zero-order chi connectivity index (χ0) is 22.0. The molecule has 0 radical (unpaired) electrons. The molecule has 0 aliphatic heterocycles. The second-order valence-corrected chi connectivity index (χ2v) is 5.39. The molecule has 0 fully saturated rings. The van der Waals surface area contributed by atoms with Crippen LogP contribution in [0.25, 0.3) is 11.0 Å². The van der Waals surface area contributed by atoms with Crippen molar-refractivity contribution < 1.29 is 16.8 Å². The predicted octanol–water partition coefficient (Wildman–Crippen LogP) is 5.47. The van der Waals surface area contributed by atoms with Crippen molar-refractivity contribution in [3.05, 3.63) is 59.9 Å². The molecule has 2 heteroatoms. The smallest absolute Gasteiger partial charge is 0.198 e. The molecule has 1 aromatic heterocycles. The minimum Gasteiger partial charge on any atom is -0.440 e. The molecule has 3 aromatic rings. The van der Waals surface area contributed by atoms with Crippen molar-refractivity contribution in [2.24, 2.45) is 0 Å². The van der Waals surface area contributed by atoms with Gasteiger partial charge in [0.25, 0.3) is 0 Å². The van der Waals surface area contributed by atoms with Gasteiger partial charge >= 0.3 is 0 Å². The Morgan fingerprint density at radius 2 is 1.70 bits per heavy atom. The summed E-state index contributed by atoms with van der Waals surface area (Å²) in [4.78, 5) is 0. The van der Waals surface area contributed by atoms with Crippen LogP contribution in [-0.2, 0) is 5.41 Å². The predicted molar refractivity (Wildman–Crippen MR) is 84.6 cm³/mol. The second-order valence-electron chi connectivity index (χ2n) is 5.39. The van der Waals surface area contributed by atoms with E-state index < -0.39 is 29.6 Å². The van der Waals surface area contributed by atoms with Crippen LogP contribution in [0.2, 0.25) is 0 Å². The van der Waals surface area contributed by atoms with Crippen LogP contribution in [0.5, 0.6) is 0 Å². The van der Waals surface area contributed by atoms with E-state index in [1.54, 1.807) is 20.8 Å². The SMILES string of the molecule is [2H]c1c([2H])c(C(C)(C)C)c([2H])c([2H])c1Nc1oc2c([2H])c([2H])c([2H])c([2H])c2c1[2H]. The van der Waals surface area contributed by atoms with Crippen molar-refractivity contribution in [3.8, 4) is 0 Å². The number of benzene rings is 2. The van der Waals surface area contributed by atoms with Gasteiger partial charge in [0.05, 0.1) is 12.3 Å². The van der Waals surface area contributed by atoms with E-state index in [4.69, 9.17) is 16.8 Å². The third kappa shape index (κ3) is 2.55. The van der Waals surface area contributed by atoms with E-state index in [2.05, 4.69) is 5.32 Å². The summed E-state index contributed by atoms with van der Waals surface area (Å²) in [5, 5.41) is 2.47. The fraction of sp³-hybridized carbons (Fsp3) is 0.222. The average Bonchev–Trinajstić information content (AvgIpc) is 2.95. The van der Waals surface area contributed by atoms with Crippen LogP contribution in [0.4, 0.5) is 11.6 Å². The van der Waals surface area contributed by atoms with Gasteiger partial charge in [0.1, 0.15) is 5.58 Å².